The van der Waals surface area contributed by atoms with Crippen molar-refractivity contribution in [2.45, 2.75) is 39.7 Å². The lowest BCUT2D eigenvalue weighted by atomic mass is 9.93. The van der Waals surface area contributed by atoms with Gasteiger partial charge in [0.1, 0.15) is 5.82 Å². The van der Waals surface area contributed by atoms with Gasteiger partial charge in [0, 0.05) is 24.3 Å². The second-order valence-electron chi connectivity index (χ2n) is 4.90. The highest BCUT2D eigenvalue weighted by Crippen LogP contribution is 2.26. The lowest BCUT2D eigenvalue weighted by molar-refractivity contribution is 0.376. The van der Waals surface area contributed by atoms with Crippen molar-refractivity contribution in [3.63, 3.8) is 0 Å². The zero-order valence-electron chi connectivity index (χ0n) is 10.3. The number of nitrogens with zero attached hydrogens (tertiary/aromatic N) is 3. The van der Waals surface area contributed by atoms with Crippen LogP contribution in [0.15, 0.2) is 6.07 Å². The van der Waals surface area contributed by atoms with Gasteiger partial charge in [0.05, 0.1) is 0 Å². The Kier molecular flexibility index (Phi) is 2.99. The molecule has 0 radical (unpaired) electrons. The van der Waals surface area contributed by atoms with E-state index in [4.69, 9.17) is 5.73 Å². The maximum atomic E-state index is 5.69. The van der Waals surface area contributed by atoms with Gasteiger partial charge in [-0.15, -0.1) is 0 Å². The lowest BCUT2D eigenvalue weighted by Crippen LogP contribution is -2.40. The average Bonchev–Trinajstić information content (AvgIpc) is 2.15. The SMILES string of the molecule is Cc1cc(N2CCC(C)CC2C)nc(N)n1. The van der Waals surface area contributed by atoms with E-state index in [-0.39, 0.29) is 0 Å². The summed E-state index contributed by atoms with van der Waals surface area (Å²) in [4.78, 5) is 10.8. The van der Waals surface area contributed by atoms with Crippen LogP contribution in [0.2, 0.25) is 0 Å². The summed E-state index contributed by atoms with van der Waals surface area (Å²) in [5.74, 6) is 2.16. The molecule has 2 heterocycles. The van der Waals surface area contributed by atoms with Crippen LogP contribution in [0.5, 0.6) is 0 Å². The fourth-order valence-electron chi connectivity index (χ4n) is 2.47. The van der Waals surface area contributed by atoms with Crippen molar-refractivity contribution in [2.75, 3.05) is 17.2 Å². The van der Waals surface area contributed by atoms with Crippen LogP contribution >= 0.6 is 0 Å². The topological polar surface area (TPSA) is 55.0 Å². The van der Waals surface area contributed by atoms with E-state index in [1.807, 2.05) is 13.0 Å². The van der Waals surface area contributed by atoms with Crippen LogP contribution in [-0.4, -0.2) is 22.6 Å². The molecule has 1 aromatic heterocycles. The van der Waals surface area contributed by atoms with Gasteiger partial charge in [-0.3, -0.25) is 0 Å². The predicted molar refractivity (Wildman–Crippen MR) is 66.4 cm³/mol. The fourth-order valence-corrected chi connectivity index (χ4v) is 2.47. The zero-order chi connectivity index (χ0) is 11.7. The highest BCUT2D eigenvalue weighted by Gasteiger charge is 2.24. The van der Waals surface area contributed by atoms with Crippen molar-refractivity contribution in [3.8, 4) is 0 Å². The molecule has 0 aromatic carbocycles. The van der Waals surface area contributed by atoms with Gasteiger partial charge in [0.15, 0.2) is 0 Å². The highest BCUT2D eigenvalue weighted by molar-refractivity contribution is 5.44. The molecular weight excluding hydrogens is 200 g/mol. The molecule has 1 fully saturated rings. The fraction of sp³-hybridized carbons (Fsp3) is 0.667. The van der Waals surface area contributed by atoms with Crippen LogP contribution < -0.4 is 10.6 Å². The van der Waals surface area contributed by atoms with Gasteiger partial charge >= 0.3 is 0 Å². The number of piperidine rings is 1. The second kappa shape index (κ2) is 4.28. The Hall–Kier alpha value is -1.32. The van der Waals surface area contributed by atoms with Crippen molar-refractivity contribution in [1.29, 1.82) is 0 Å². The van der Waals surface area contributed by atoms with Gasteiger partial charge in [-0.05, 0) is 32.6 Å². The number of aryl methyl sites for hydroxylation is 1. The molecule has 1 saturated heterocycles. The number of aromatic nitrogens is 2. The number of hydrogen-bond acceptors (Lipinski definition) is 4. The summed E-state index contributed by atoms with van der Waals surface area (Å²) < 4.78 is 0. The molecule has 2 N–H and O–H groups in total. The zero-order valence-corrected chi connectivity index (χ0v) is 10.3. The van der Waals surface area contributed by atoms with E-state index in [9.17, 15) is 0 Å². The minimum absolute atomic E-state index is 0.376. The van der Waals surface area contributed by atoms with Gasteiger partial charge in [-0.25, -0.2) is 4.98 Å². The number of nitrogen functional groups attached to an aromatic ring is 1. The molecule has 88 valence electrons. The smallest absolute Gasteiger partial charge is 0.222 e. The van der Waals surface area contributed by atoms with Crippen LogP contribution in [0.3, 0.4) is 0 Å². The van der Waals surface area contributed by atoms with E-state index in [1.165, 1.54) is 12.8 Å². The van der Waals surface area contributed by atoms with E-state index >= 15 is 0 Å². The summed E-state index contributed by atoms with van der Waals surface area (Å²) in [7, 11) is 0. The normalized spacial score (nSPS) is 25.8. The van der Waals surface area contributed by atoms with Crippen LogP contribution in [0, 0.1) is 12.8 Å². The largest absolute Gasteiger partial charge is 0.368 e. The van der Waals surface area contributed by atoms with Gasteiger partial charge in [0.2, 0.25) is 5.95 Å². The molecule has 2 unspecified atom stereocenters. The Morgan fingerprint density at radius 3 is 2.75 bits per heavy atom. The third-order valence-electron chi connectivity index (χ3n) is 3.29. The molecule has 0 spiro atoms. The molecule has 1 aliphatic heterocycles. The third-order valence-corrected chi connectivity index (χ3v) is 3.29. The number of rotatable bonds is 1. The monoisotopic (exact) mass is 220 g/mol. The first-order chi connectivity index (χ1) is 7.56. The van der Waals surface area contributed by atoms with Crippen LogP contribution in [0.4, 0.5) is 11.8 Å². The predicted octanol–water partition coefficient (Wildman–Crippen LogP) is 1.99. The molecule has 0 amide bonds. The van der Waals surface area contributed by atoms with Crippen molar-refractivity contribution in [2.24, 2.45) is 5.92 Å². The summed E-state index contributed by atoms with van der Waals surface area (Å²) in [6.45, 7) is 7.59. The Morgan fingerprint density at radius 2 is 2.12 bits per heavy atom. The Balaban J connectivity index is 2.23. The first kappa shape index (κ1) is 11.2. The Bertz CT molecular complexity index is 357. The summed E-state index contributed by atoms with van der Waals surface area (Å²) in [6.07, 6.45) is 2.45. The number of anilines is 2. The molecule has 0 bridgehead atoms. The minimum Gasteiger partial charge on any atom is -0.368 e. The first-order valence-electron chi connectivity index (χ1n) is 5.94. The summed E-state index contributed by atoms with van der Waals surface area (Å²) in [5, 5.41) is 0. The Labute approximate surface area is 96.9 Å². The molecule has 2 rings (SSSR count). The lowest BCUT2D eigenvalue weighted by Gasteiger charge is -2.37. The standard InChI is InChI=1S/C12H20N4/c1-8-4-5-16(10(3)6-8)11-7-9(2)14-12(13)15-11/h7-8,10H,4-6H2,1-3H3,(H2,13,14,15). The van der Waals surface area contributed by atoms with Gasteiger partial charge in [-0.2, -0.15) is 4.98 Å². The number of nitrogens with two attached hydrogens (primary N) is 1. The average molecular weight is 220 g/mol. The second-order valence-corrected chi connectivity index (χ2v) is 4.90. The third kappa shape index (κ3) is 2.26. The first-order valence-corrected chi connectivity index (χ1v) is 5.94. The molecule has 4 heteroatoms. The summed E-state index contributed by atoms with van der Waals surface area (Å²) in [6, 6.07) is 2.56. The van der Waals surface area contributed by atoms with E-state index in [0.717, 1.165) is 24.0 Å². The van der Waals surface area contributed by atoms with Crippen LogP contribution in [0.25, 0.3) is 0 Å². The van der Waals surface area contributed by atoms with Crippen LogP contribution in [0.1, 0.15) is 32.4 Å². The Morgan fingerprint density at radius 1 is 1.38 bits per heavy atom. The summed E-state index contributed by atoms with van der Waals surface area (Å²) >= 11 is 0. The van der Waals surface area contributed by atoms with Gasteiger partial charge in [-0.1, -0.05) is 6.92 Å². The van der Waals surface area contributed by atoms with Gasteiger partial charge < -0.3 is 10.6 Å². The molecule has 2 atom stereocenters. The molecule has 0 aliphatic carbocycles. The van der Waals surface area contributed by atoms with Crippen molar-refractivity contribution < 1.29 is 0 Å². The van der Waals surface area contributed by atoms with E-state index in [0.29, 0.717) is 12.0 Å². The molecule has 4 nitrogen and oxygen atoms in total. The van der Waals surface area contributed by atoms with Crippen LogP contribution in [-0.2, 0) is 0 Å². The quantitative estimate of drug-likeness (QED) is 0.786. The molecule has 0 saturated carbocycles. The maximum Gasteiger partial charge on any atom is 0.222 e. The van der Waals surface area contributed by atoms with Crippen molar-refractivity contribution in [3.05, 3.63) is 11.8 Å². The molecule has 1 aromatic rings. The summed E-state index contributed by atoms with van der Waals surface area (Å²) in [5.41, 5.74) is 6.63. The number of hydrogen-bond donors (Lipinski definition) is 1. The van der Waals surface area contributed by atoms with E-state index < -0.39 is 0 Å². The molecule has 1 aliphatic rings. The highest BCUT2D eigenvalue weighted by atomic mass is 15.2. The molecule has 16 heavy (non-hydrogen) atoms. The van der Waals surface area contributed by atoms with Gasteiger partial charge in [0.25, 0.3) is 0 Å². The van der Waals surface area contributed by atoms with E-state index in [2.05, 4.69) is 28.7 Å². The van der Waals surface area contributed by atoms with Crippen molar-refractivity contribution >= 4 is 11.8 Å². The maximum absolute atomic E-state index is 5.69. The minimum atomic E-state index is 0.376. The van der Waals surface area contributed by atoms with E-state index in [1.54, 1.807) is 0 Å². The van der Waals surface area contributed by atoms with Crippen molar-refractivity contribution in [1.82, 2.24) is 9.97 Å². The molecular formula is C12H20N4.